The molecular weight excluding hydrogens is 490 g/mol. The number of amides is 1. The maximum absolute atomic E-state index is 13.7. The normalized spacial score (nSPS) is 17.3. The van der Waals surface area contributed by atoms with Gasteiger partial charge in [-0.15, -0.1) is 0 Å². The fourth-order valence-corrected chi connectivity index (χ4v) is 5.01. The Labute approximate surface area is 228 Å². The summed E-state index contributed by atoms with van der Waals surface area (Å²) in [5.41, 5.74) is 6.44. The first kappa shape index (κ1) is 26.2. The minimum atomic E-state index is -0.892. The van der Waals surface area contributed by atoms with Crippen LogP contribution in [0, 0.1) is 20.8 Å². The van der Waals surface area contributed by atoms with Gasteiger partial charge in [-0.3, -0.25) is 14.5 Å². The number of aryl methyl sites for hydroxylation is 3. The van der Waals surface area contributed by atoms with Crippen molar-refractivity contribution in [1.29, 1.82) is 0 Å². The molecule has 1 fully saturated rings. The van der Waals surface area contributed by atoms with Crippen LogP contribution in [-0.4, -0.2) is 33.9 Å². The zero-order chi connectivity index (χ0) is 28.2. The van der Waals surface area contributed by atoms with Gasteiger partial charge in [0.1, 0.15) is 11.5 Å². The van der Waals surface area contributed by atoms with E-state index >= 15 is 0 Å². The number of carbonyl (C=O) groups is 2. The number of hydrogen-bond acceptors (Lipinski definition) is 5. The molecule has 5 rings (SSSR count). The van der Waals surface area contributed by atoms with Crippen molar-refractivity contribution in [2.75, 3.05) is 12.0 Å². The van der Waals surface area contributed by atoms with E-state index in [1.165, 1.54) is 4.90 Å². The van der Waals surface area contributed by atoms with Crippen LogP contribution in [0.15, 0.2) is 60.2 Å². The molecule has 200 valence electrons. The quantitative estimate of drug-likeness (QED) is 0.183. The number of methoxy groups -OCH3 is 1. The summed E-state index contributed by atoms with van der Waals surface area (Å²) in [4.78, 5) is 36.6. The van der Waals surface area contributed by atoms with Gasteiger partial charge in [-0.05, 0) is 84.3 Å². The Morgan fingerprint density at radius 2 is 1.62 bits per heavy atom. The highest BCUT2D eigenvalue weighted by molar-refractivity contribution is 6.51. The van der Waals surface area contributed by atoms with Gasteiger partial charge in [-0.2, -0.15) is 0 Å². The van der Waals surface area contributed by atoms with E-state index < -0.39 is 17.7 Å². The second-order valence-corrected chi connectivity index (χ2v) is 11.2. The van der Waals surface area contributed by atoms with Gasteiger partial charge in [-0.25, -0.2) is 4.98 Å². The summed E-state index contributed by atoms with van der Waals surface area (Å²) in [6, 6.07) is 16.0. The van der Waals surface area contributed by atoms with Crippen molar-refractivity contribution in [2.24, 2.45) is 0 Å². The predicted molar refractivity (Wildman–Crippen MR) is 153 cm³/mol. The van der Waals surface area contributed by atoms with Gasteiger partial charge in [0.15, 0.2) is 0 Å². The third-order valence-electron chi connectivity index (χ3n) is 7.55. The summed E-state index contributed by atoms with van der Waals surface area (Å²) in [5.74, 6) is -0.837. The molecule has 0 bridgehead atoms. The summed E-state index contributed by atoms with van der Waals surface area (Å²) < 4.78 is 5.32. The number of nitrogens with zero attached hydrogens (tertiary/aromatic N) is 2. The molecule has 7 heteroatoms. The summed E-state index contributed by atoms with van der Waals surface area (Å²) in [5, 5.41) is 11.7. The van der Waals surface area contributed by atoms with E-state index in [0.717, 1.165) is 27.8 Å². The first-order valence-corrected chi connectivity index (χ1v) is 12.9. The van der Waals surface area contributed by atoms with Crippen molar-refractivity contribution in [3.05, 3.63) is 93.6 Å². The Kier molecular flexibility index (Phi) is 6.33. The lowest BCUT2D eigenvalue weighted by molar-refractivity contribution is -0.132. The molecule has 2 heterocycles. The van der Waals surface area contributed by atoms with Crippen LogP contribution in [0.1, 0.15) is 60.2 Å². The van der Waals surface area contributed by atoms with Crippen molar-refractivity contribution >= 4 is 34.4 Å². The molecule has 0 spiro atoms. The van der Waals surface area contributed by atoms with Gasteiger partial charge in [0, 0.05) is 5.56 Å². The minimum Gasteiger partial charge on any atom is -0.507 e. The Morgan fingerprint density at radius 3 is 2.26 bits per heavy atom. The largest absolute Gasteiger partial charge is 0.507 e. The van der Waals surface area contributed by atoms with Crippen molar-refractivity contribution in [2.45, 2.75) is 53.0 Å². The lowest BCUT2D eigenvalue weighted by Gasteiger charge is -2.24. The predicted octanol–water partition coefficient (Wildman–Crippen LogP) is 6.42. The number of rotatable bonds is 4. The molecule has 1 atom stereocenters. The van der Waals surface area contributed by atoms with E-state index in [9.17, 15) is 14.7 Å². The summed E-state index contributed by atoms with van der Waals surface area (Å²) in [6.07, 6.45) is 0. The fraction of sp³-hybridized carbons (Fsp3) is 0.281. The molecule has 39 heavy (non-hydrogen) atoms. The SMILES string of the molecule is COc1ccc(C2/C(=C(\O)c3cc(C(C)(C)C)ccc3C)C(=O)C(=O)N2c2nc3cc(C)c(C)cc3[nH]2)cc1. The first-order valence-electron chi connectivity index (χ1n) is 12.9. The van der Waals surface area contributed by atoms with Gasteiger partial charge in [0.05, 0.1) is 29.8 Å². The van der Waals surface area contributed by atoms with Gasteiger partial charge < -0.3 is 14.8 Å². The first-order chi connectivity index (χ1) is 18.4. The average molecular weight is 524 g/mol. The minimum absolute atomic E-state index is 0.0205. The number of fused-ring (bicyclic) bond motifs is 1. The molecular formula is C32H33N3O4. The molecule has 7 nitrogen and oxygen atoms in total. The highest BCUT2D eigenvalue weighted by Gasteiger charge is 2.48. The fourth-order valence-electron chi connectivity index (χ4n) is 5.01. The van der Waals surface area contributed by atoms with Gasteiger partial charge in [0.2, 0.25) is 5.95 Å². The van der Waals surface area contributed by atoms with Crippen LogP contribution in [-0.2, 0) is 15.0 Å². The second-order valence-electron chi connectivity index (χ2n) is 11.2. The Morgan fingerprint density at radius 1 is 0.949 bits per heavy atom. The molecule has 0 radical (unpaired) electrons. The van der Waals surface area contributed by atoms with E-state index in [2.05, 4.69) is 30.7 Å². The van der Waals surface area contributed by atoms with Crippen LogP contribution in [0.5, 0.6) is 5.75 Å². The number of H-pyrrole nitrogens is 1. The molecule has 0 aliphatic carbocycles. The molecule has 4 aromatic rings. The topological polar surface area (TPSA) is 95.5 Å². The Bertz CT molecular complexity index is 1620. The number of aliphatic hydroxyl groups is 1. The van der Waals surface area contributed by atoms with Crippen molar-refractivity contribution in [3.8, 4) is 5.75 Å². The van der Waals surface area contributed by atoms with Crippen LogP contribution in [0.4, 0.5) is 5.95 Å². The number of aromatic nitrogens is 2. The van der Waals surface area contributed by atoms with Gasteiger partial charge in [-0.1, -0.05) is 45.0 Å². The number of ketones is 1. The molecule has 1 aliphatic heterocycles. The van der Waals surface area contributed by atoms with Crippen LogP contribution in [0.3, 0.4) is 0 Å². The molecule has 1 saturated heterocycles. The number of anilines is 1. The molecule has 1 amide bonds. The number of nitrogens with one attached hydrogen (secondary N) is 1. The highest BCUT2D eigenvalue weighted by atomic mass is 16.5. The van der Waals surface area contributed by atoms with E-state index in [-0.39, 0.29) is 22.7 Å². The van der Waals surface area contributed by atoms with Gasteiger partial charge in [0.25, 0.3) is 5.78 Å². The van der Waals surface area contributed by atoms with Crippen LogP contribution >= 0.6 is 0 Å². The number of ether oxygens (including phenoxy) is 1. The second kappa shape index (κ2) is 9.42. The number of benzene rings is 3. The van der Waals surface area contributed by atoms with E-state index in [4.69, 9.17) is 4.74 Å². The molecule has 1 aliphatic rings. The summed E-state index contributed by atoms with van der Waals surface area (Å²) >= 11 is 0. The molecule has 2 N–H and O–H groups in total. The molecule has 0 saturated carbocycles. The van der Waals surface area contributed by atoms with Crippen LogP contribution in [0.25, 0.3) is 16.8 Å². The molecule has 3 aromatic carbocycles. The van der Waals surface area contributed by atoms with E-state index in [0.29, 0.717) is 22.4 Å². The van der Waals surface area contributed by atoms with Crippen LogP contribution < -0.4 is 9.64 Å². The number of Topliss-reactive ketones (excluding diaryl/α,β-unsaturated/α-hetero) is 1. The summed E-state index contributed by atoms with van der Waals surface area (Å²) in [6.45, 7) is 12.1. The zero-order valence-corrected chi connectivity index (χ0v) is 23.3. The smallest absolute Gasteiger partial charge is 0.302 e. The maximum atomic E-state index is 13.7. The monoisotopic (exact) mass is 523 g/mol. The third kappa shape index (κ3) is 4.48. The lowest BCUT2D eigenvalue weighted by Crippen LogP contribution is -2.30. The van der Waals surface area contributed by atoms with E-state index in [1.807, 2.05) is 51.1 Å². The number of carbonyl (C=O) groups excluding carboxylic acids is 2. The van der Waals surface area contributed by atoms with Crippen LogP contribution in [0.2, 0.25) is 0 Å². The van der Waals surface area contributed by atoms with E-state index in [1.54, 1.807) is 31.4 Å². The molecule has 1 aromatic heterocycles. The van der Waals surface area contributed by atoms with Crippen molar-refractivity contribution < 1.29 is 19.4 Å². The Hall–Kier alpha value is -4.39. The maximum Gasteiger partial charge on any atom is 0.302 e. The standard InChI is InChI=1S/C32H33N3O4/c1-17-8-11-21(32(4,5)6)16-23(17)28(36)26-27(20-9-12-22(39-7)13-10-20)35(30(38)29(26)37)31-33-24-14-18(2)19(3)15-25(24)34-31/h8-16,27,36H,1-7H3,(H,33,34)/b28-26+. The highest BCUT2D eigenvalue weighted by Crippen LogP contribution is 2.43. The Balaban J connectivity index is 1.75. The van der Waals surface area contributed by atoms with Crippen molar-refractivity contribution in [1.82, 2.24) is 9.97 Å². The number of aromatic amines is 1. The van der Waals surface area contributed by atoms with Crippen molar-refractivity contribution in [3.63, 3.8) is 0 Å². The average Bonchev–Trinajstić information content (AvgIpc) is 3.40. The number of hydrogen-bond donors (Lipinski definition) is 2. The number of imidazole rings is 1. The molecule has 1 unspecified atom stereocenters. The van der Waals surface area contributed by atoms with Gasteiger partial charge >= 0.3 is 5.91 Å². The number of aliphatic hydroxyl groups excluding tert-OH is 1. The third-order valence-corrected chi connectivity index (χ3v) is 7.55. The lowest BCUT2D eigenvalue weighted by atomic mass is 9.84. The summed E-state index contributed by atoms with van der Waals surface area (Å²) in [7, 11) is 1.57. The zero-order valence-electron chi connectivity index (χ0n) is 23.3.